The molecule has 31 heavy (non-hydrogen) atoms. The van der Waals surface area contributed by atoms with E-state index in [1.807, 2.05) is 0 Å². The van der Waals surface area contributed by atoms with E-state index in [1.54, 1.807) is 12.1 Å². The summed E-state index contributed by atoms with van der Waals surface area (Å²) < 4.78 is 17.1. The molecule has 0 unspecified atom stereocenters. The van der Waals surface area contributed by atoms with Crippen LogP contribution in [0.4, 0.5) is 0 Å². The summed E-state index contributed by atoms with van der Waals surface area (Å²) in [5, 5.41) is 70.2. The van der Waals surface area contributed by atoms with Gasteiger partial charge >= 0.3 is 0 Å². The summed E-state index contributed by atoms with van der Waals surface area (Å²) in [5.41, 5.74) is 0.874. The normalized spacial score (nSPS) is 35.3. The lowest BCUT2D eigenvalue weighted by molar-refractivity contribution is -0.322. The van der Waals surface area contributed by atoms with Crippen molar-refractivity contribution >= 4 is 0 Å². The molecule has 1 saturated heterocycles. The minimum atomic E-state index is -1.65. The Kier molecular flexibility index (Phi) is 6.04. The number of benzene rings is 2. The molecule has 10 heteroatoms. The standard InChI is InChI=1S/C21H24O10/c22-8-14-15(25)16(26)17(27)21(30-14)31-20-12-6-5-11(24)7-13(12)29-19(18(20)28)9-1-3-10(23)4-2-9/h1-7,14-28H,8H2/t14-,15-,16+,17-,18+,19+,20+,21+/m1/s1. The molecule has 2 aromatic carbocycles. The molecule has 0 aromatic heterocycles. The van der Waals surface area contributed by atoms with Crippen molar-refractivity contribution < 1.29 is 50.0 Å². The van der Waals surface area contributed by atoms with Crippen LogP contribution in [0.1, 0.15) is 23.3 Å². The molecule has 7 N–H and O–H groups in total. The molecule has 1 fully saturated rings. The predicted molar refractivity (Wildman–Crippen MR) is 103 cm³/mol. The Morgan fingerprint density at radius 2 is 1.48 bits per heavy atom. The van der Waals surface area contributed by atoms with Crippen LogP contribution in [0.25, 0.3) is 0 Å². The van der Waals surface area contributed by atoms with Crippen molar-refractivity contribution in [2.45, 2.75) is 49.0 Å². The molecule has 0 bridgehead atoms. The predicted octanol–water partition coefficient (Wildman–Crippen LogP) is -0.550. The average molecular weight is 436 g/mol. The second-order valence-electron chi connectivity index (χ2n) is 7.60. The van der Waals surface area contributed by atoms with E-state index in [2.05, 4.69) is 0 Å². The number of ether oxygens (including phenoxy) is 3. The van der Waals surface area contributed by atoms with Crippen LogP contribution in [-0.2, 0) is 9.47 Å². The van der Waals surface area contributed by atoms with Gasteiger partial charge in [-0.1, -0.05) is 12.1 Å². The molecule has 0 amide bonds. The minimum absolute atomic E-state index is 0.0289. The van der Waals surface area contributed by atoms with E-state index in [-0.39, 0.29) is 17.2 Å². The number of rotatable bonds is 4. The highest BCUT2D eigenvalue weighted by atomic mass is 16.7. The maximum absolute atomic E-state index is 11.1. The van der Waals surface area contributed by atoms with E-state index < -0.39 is 55.6 Å². The maximum atomic E-state index is 11.1. The quantitative estimate of drug-likeness (QED) is 0.330. The second kappa shape index (κ2) is 8.60. The summed E-state index contributed by atoms with van der Waals surface area (Å²) in [6.07, 6.45) is -10.9. The average Bonchev–Trinajstić information content (AvgIpc) is 2.76. The highest BCUT2D eigenvalue weighted by Crippen LogP contribution is 2.45. The van der Waals surface area contributed by atoms with Crippen LogP contribution >= 0.6 is 0 Å². The van der Waals surface area contributed by atoms with Gasteiger partial charge < -0.3 is 50.0 Å². The first-order valence-corrected chi connectivity index (χ1v) is 9.72. The van der Waals surface area contributed by atoms with Gasteiger partial charge in [-0.15, -0.1) is 0 Å². The van der Waals surface area contributed by atoms with Gasteiger partial charge in [0.15, 0.2) is 12.4 Å². The molecule has 10 nitrogen and oxygen atoms in total. The van der Waals surface area contributed by atoms with Crippen LogP contribution in [0, 0.1) is 0 Å². The summed E-state index contributed by atoms with van der Waals surface area (Å²) in [4.78, 5) is 0. The fourth-order valence-corrected chi connectivity index (χ4v) is 3.82. The lowest BCUT2D eigenvalue weighted by Crippen LogP contribution is -2.59. The SMILES string of the molecule is OC[C@H]1O[C@@H](O[C@H]2c3ccc(O)cc3O[C@@H](c3ccc(O)cc3)[C@@H]2O)[C@H](O)[C@@H](O)[C@@H]1O. The van der Waals surface area contributed by atoms with Crippen molar-refractivity contribution in [1.29, 1.82) is 0 Å². The first kappa shape index (κ1) is 21.8. The first-order chi connectivity index (χ1) is 14.8. The number of aromatic hydroxyl groups is 2. The van der Waals surface area contributed by atoms with Gasteiger partial charge in [0, 0.05) is 11.6 Å². The molecular weight excluding hydrogens is 412 g/mol. The smallest absolute Gasteiger partial charge is 0.187 e. The Hall–Kier alpha value is -2.44. The Bertz CT molecular complexity index is 902. The van der Waals surface area contributed by atoms with Gasteiger partial charge in [0.05, 0.1) is 6.61 Å². The third-order valence-electron chi connectivity index (χ3n) is 5.53. The minimum Gasteiger partial charge on any atom is -0.508 e. The first-order valence-electron chi connectivity index (χ1n) is 9.72. The molecule has 0 radical (unpaired) electrons. The molecule has 2 heterocycles. The van der Waals surface area contributed by atoms with Gasteiger partial charge in [-0.25, -0.2) is 0 Å². The number of phenols is 2. The van der Waals surface area contributed by atoms with Crippen molar-refractivity contribution in [2.24, 2.45) is 0 Å². The molecule has 4 rings (SSSR count). The molecule has 0 saturated carbocycles. The Balaban J connectivity index is 1.67. The van der Waals surface area contributed by atoms with E-state index in [9.17, 15) is 35.7 Å². The molecule has 0 spiro atoms. The number of phenolic OH excluding ortho intramolecular Hbond substituents is 2. The van der Waals surface area contributed by atoms with E-state index in [0.717, 1.165) is 0 Å². The third-order valence-corrected chi connectivity index (χ3v) is 5.53. The highest BCUT2D eigenvalue weighted by Gasteiger charge is 2.47. The van der Waals surface area contributed by atoms with Crippen LogP contribution in [0.5, 0.6) is 17.2 Å². The van der Waals surface area contributed by atoms with E-state index >= 15 is 0 Å². The fraction of sp³-hybridized carbons (Fsp3) is 0.429. The summed E-state index contributed by atoms with van der Waals surface area (Å²) in [5.74, 6) is 0.172. The number of hydrogen-bond acceptors (Lipinski definition) is 10. The van der Waals surface area contributed by atoms with Crippen molar-refractivity contribution in [3.63, 3.8) is 0 Å². The van der Waals surface area contributed by atoms with Crippen LogP contribution in [-0.4, -0.2) is 79.2 Å². The molecule has 2 aromatic rings. The van der Waals surface area contributed by atoms with Crippen LogP contribution < -0.4 is 4.74 Å². The summed E-state index contributed by atoms with van der Waals surface area (Å²) >= 11 is 0. The summed E-state index contributed by atoms with van der Waals surface area (Å²) in [7, 11) is 0. The van der Waals surface area contributed by atoms with Gasteiger partial charge in [-0.3, -0.25) is 0 Å². The number of aliphatic hydroxyl groups is 5. The van der Waals surface area contributed by atoms with Gasteiger partial charge in [-0.05, 0) is 29.8 Å². The van der Waals surface area contributed by atoms with Gasteiger partial charge in [0.2, 0.25) is 0 Å². The zero-order valence-corrected chi connectivity index (χ0v) is 16.2. The van der Waals surface area contributed by atoms with Gasteiger partial charge in [0.25, 0.3) is 0 Å². The molecule has 2 aliphatic heterocycles. The van der Waals surface area contributed by atoms with Crippen LogP contribution in [0.15, 0.2) is 42.5 Å². The maximum Gasteiger partial charge on any atom is 0.187 e. The Morgan fingerprint density at radius 3 is 2.16 bits per heavy atom. The fourth-order valence-electron chi connectivity index (χ4n) is 3.82. The van der Waals surface area contributed by atoms with Gasteiger partial charge in [0.1, 0.15) is 53.9 Å². The Morgan fingerprint density at radius 1 is 0.806 bits per heavy atom. The lowest BCUT2D eigenvalue weighted by atomic mass is 9.91. The summed E-state index contributed by atoms with van der Waals surface area (Å²) in [6.45, 7) is -0.623. The number of hydrogen-bond donors (Lipinski definition) is 7. The highest BCUT2D eigenvalue weighted by molar-refractivity contribution is 5.45. The van der Waals surface area contributed by atoms with E-state index in [1.165, 1.54) is 30.3 Å². The lowest BCUT2D eigenvalue weighted by Gasteiger charge is -2.43. The van der Waals surface area contributed by atoms with Crippen LogP contribution in [0.2, 0.25) is 0 Å². The van der Waals surface area contributed by atoms with Crippen molar-refractivity contribution in [3.05, 3.63) is 53.6 Å². The van der Waals surface area contributed by atoms with Gasteiger partial charge in [-0.2, -0.15) is 0 Å². The molecular formula is C21H24O10. The molecule has 0 aliphatic carbocycles. The molecule has 8 atom stereocenters. The Labute approximate surface area is 177 Å². The van der Waals surface area contributed by atoms with Crippen molar-refractivity contribution in [3.8, 4) is 17.2 Å². The van der Waals surface area contributed by atoms with E-state index in [4.69, 9.17) is 14.2 Å². The molecule has 168 valence electrons. The topological polar surface area (TPSA) is 169 Å². The monoisotopic (exact) mass is 436 g/mol. The number of aliphatic hydroxyl groups excluding tert-OH is 5. The number of fused-ring (bicyclic) bond motifs is 1. The summed E-state index contributed by atoms with van der Waals surface area (Å²) in [6, 6.07) is 10.2. The van der Waals surface area contributed by atoms with Crippen molar-refractivity contribution in [2.75, 3.05) is 6.61 Å². The zero-order chi connectivity index (χ0) is 22.3. The molecule has 2 aliphatic rings. The largest absolute Gasteiger partial charge is 0.508 e. The third kappa shape index (κ3) is 4.06. The van der Waals surface area contributed by atoms with Crippen molar-refractivity contribution in [1.82, 2.24) is 0 Å². The second-order valence-corrected chi connectivity index (χ2v) is 7.60. The van der Waals surface area contributed by atoms with E-state index in [0.29, 0.717) is 11.1 Å². The van der Waals surface area contributed by atoms with Crippen LogP contribution in [0.3, 0.4) is 0 Å². The zero-order valence-electron chi connectivity index (χ0n) is 16.2.